The monoisotopic (exact) mass is 573 g/mol. The maximum atomic E-state index is 13.0. The number of carbonyl (C=O) groups is 1. The van der Waals surface area contributed by atoms with E-state index in [1.165, 1.54) is 30.6 Å². The summed E-state index contributed by atoms with van der Waals surface area (Å²) in [4.78, 5) is 17.4. The van der Waals surface area contributed by atoms with Crippen LogP contribution in [0.3, 0.4) is 0 Å². The molecule has 2 aromatic carbocycles. The van der Waals surface area contributed by atoms with Crippen LogP contribution in [0.25, 0.3) is 0 Å². The highest BCUT2D eigenvalue weighted by Gasteiger charge is 2.26. The first-order valence-corrected chi connectivity index (χ1v) is 12.9. The van der Waals surface area contributed by atoms with E-state index < -0.39 is 18.0 Å². The first-order valence-electron chi connectivity index (χ1n) is 10.9. The molecule has 1 aromatic heterocycles. The zero-order valence-electron chi connectivity index (χ0n) is 18.6. The number of hydrogen-bond donors (Lipinski definition) is 0. The minimum absolute atomic E-state index is 0.102. The van der Waals surface area contributed by atoms with E-state index in [4.69, 9.17) is 44.3 Å². The molecule has 1 fully saturated rings. The standard InChI is InChI=1S/C25H20Cl3F2NO4S/c26-16-4-6-17(7-5-16)36-25(32)35-22(10-18-19(27)11-31-12-20(18)28)15-3-8-21(34-24(29)30)23(9-15)33-13-14-1-2-14/h3-9,11-12,14,22,24H,1-2,10,13H2/t22-/m0/s1. The highest BCUT2D eigenvalue weighted by Crippen LogP contribution is 2.38. The van der Waals surface area contributed by atoms with Crippen molar-refractivity contribution in [2.45, 2.75) is 36.9 Å². The molecule has 11 heteroatoms. The normalized spacial score (nSPS) is 13.9. The lowest BCUT2D eigenvalue weighted by Gasteiger charge is -2.21. The van der Waals surface area contributed by atoms with Crippen molar-refractivity contribution in [2.24, 2.45) is 5.92 Å². The highest BCUT2D eigenvalue weighted by atomic mass is 35.5. The second kappa shape index (κ2) is 12.3. The van der Waals surface area contributed by atoms with Gasteiger partial charge in [0.1, 0.15) is 6.10 Å². The Morgan fingerprint density at radius 3 is 2.36 bits per heavy atom. The third-order valence-corrected chi connectivity index (χ3v) is 7.00. The van der Waals surface area contributed by atoms with Gasteiger partial charge in [-0.25, -0.2) is 4.79 Å². The second-order valence-electron chi connectivity index (χ2n) is 8.04. The summed E-state index contributed by atoms with van der Waals surface area (Å²) in [6.45, 7) is -2.64. The predicted molar refractivity (Wildman–Crippen MR) is 136 cm³/mol. The maximum absolute atomic E-state index is 13.0. The van der Waals surface area contributed by atoms with Gasteiger partial charge < -0.3 is 14.2 Å². The number of hydrogen-bond acceptors (Lipinski definition) is 6. The summed E-state index contributed by atoms with van der Waals surface area (Å²) >= 11 is 19.4. The van der Waals surface area contributed by atoms with E-state index in [1.807, 2.05) is 0 Å². The number of aromatic nitrogens is 1. The molecule has 36 heavy (non-hydrogen) atoms. The number of halogens is 5. The summed E-state index contributed by atoms with van der Waals surface area (Å²) in [6.07, 6.45) is 4.17. The topological polar surface area (TPSA) is 57.7 Å². The van der Waals surface area contributed by atoms with Crippen molar-refractivity contribution in [3.8, 4) is 11.5 Å². The average molecular weight is 575 g/mol. The average Bonchev–Trinajstić information content (AvgIpc) is 3.66. The number of ether oxygens (including phenoxy) is 3. The van der Waals surface area contributed by atoms with Crippen LogP contribution >= 0.6 is 46.6 Å². The van der Waals surface area contributed by atoms with E-state index in [-0.39, 0.29) is 17.9 Å². The number of rotatable bonds is 10. The van der Waals surface area contributed by atoms with Gasteiger partial charge >= 0.3 is 11.9 Å². The van der Waals surface area contributed by atoms with E-state index in [9.17, 15) is 13.6 Å². The number of alkyl halides is 2. The predicted octanol–water partition coefficient (Wildman–Crippen LogP) is 8.64. The molecular formula is C25H20Cl3F2NO4S. The van der Waals surface area contributed by atoms with Crippen molar-refractivity contribution in [1.29, 1.82) is 0 Å². The van der Waals surface area contributed by atoms with Crippen molar-refractivity contribution >= 4 is 51.9 Å². The van der Waals surface area contributed by atoms with E-state index in [0.29, 0.717) is 43.6 Å². The Hall–Kier alpha value is -2.26. The third kappa shape index (κ3) is 7.62. The number of benzene rings is 2. The van der Waals surface area contributed by atoms with Crippen molar-refractivity contribution in [3.05, 3.63) is 81.1 Å². The molecule has 0 saturated heterocycles. The van der Waals surface area contributed by atoms with E-state index in [1.54, 1.807) is 24.3 Å². The molecule has 0 radical (unpaired) electrons. The first kappa shape index (κ1) is 26.8. The molecule has 0 unspecified atom stereocenters. The summed E-state index contributed by atoms with van der Waals surface area (Å²) in [5, 5.41) is 0.558. The zero-order chi connectivity index (χ0) is 25.7. The summed E-state index contributed by atoms with van der Waals surface area (Å²) < 4.78 is 42.1. The van der Waals surface area contributed by atoms with Crippen LogP contribution < -0.4 is 9.47 Å². The highest BCUT2D eigenvalue weighted by molar-refractivity contribution is 8.13. The summed E-state index contributed by atoms with van der Waals surface area (Å²) in [6, 6.07) is 11.2. The van der Waals surface area contributed by atoms with Crippen LogP contribution in [0.1, 0.15) is 30.1 Å². The Balaban J connectivity index is 1.62. The van der Waals surface area contributed by atoms with Crippen LogP contribution in [-0.2, 0) is 11.2 Å². The molecule has 1 aliphatic rings. The van der Waals surface area contributed by atoms with Crippen LogP contribution in [0.15, 0.2) is 59.8 Å². The maximum Gasteiger partial charge on any atom is 0.387 e. The number of nitrogens with zero attached hydrogens (tertiary/aromatic N) is 1. The van der Waals surface area contributed by atoms with E-state index in [0.717, 1.165) is 24.6 Å². The largest absolute Gasteiger partial charge is 0.489 e. The second-order valence-corrected chi connectivity index (χ2v) is 10.3. The molecule has 1 aliphatic carbocycles. The zero-order valence-corrected chi connectivity index (χ0v) is 21.7. The lowest BCUT2D eigenvalue weighted by atomic mass is 10.0. The minimum atomic E-state index is -3.02. The van der Waals surface area contributed by atoms with Crippen LogP contribution in [-0.4, -0.2) is 23.5 Å². The van der Waals surface area contributed by atoms with Crippen LogP contribution in [0, 0.1) is 5.92 Å². The van der Waals surface area contributed by atoms with E-state index >= 15 is 0 Å². The molecule has 0 bridgehead atoms. The molecule has 5 nitrogen and oxygen atoms in total. The number of thioether (sulfide) groups is 1. The van der Waals surface area contributed by atoms with Crippen molar-refractivity contribution in [2.75, 3.05) is 6.61 Å². The smallest absolute Gasteiger partial charge is 0.387 e. The fourth-order valence-electron chi connectivity index (χ4n) is 3.31. The van der Waals surface area contributed by atoms with Crippen molar-refractivity contribution in [1.82, 2.24) is 4.98 Å². The molecule has 190 valence electrons. The number of carbonyl (C=O) groups excluding carboxylic acids is 1. The Labute approximate surface area is 226 Å². The quantitative estimate of drug-likeness (QED) is 0.178. The Morgan fingerprint density at radius 1 is 1.03 bits per heavy atom. The molecule has 1 saturated carbocycles. The van der Waals surface area contributed by atoms with Crippen molar-refractivity contribution in [3.63, 3.8) is 0 Å². The van der Waals surface area contributed by atoms with Crippen LogP contribution in [0.2, 0.25) is 15.1 Å². The fraction of sp³-hybridized carbons (Fsp3) is 0.280. The van der Waals surface area contributed by atoms with Crippen LogP contribution in [0.5, 0.6) is 11.5 Å². The van der Waals surface area contributed by atoms with E-state index in [2.05, 4.69) is 9.72 Å². The summed E-state index contributed by atoms with van der Waals surface area (Å²) in [5.74, 6) is 0.417. The molecule has 1 heterocycles. The van der Waals surface area contributed by atoms with Gasteiger partial charge in [-0.2, -0.15) is 8.78 Å². The molecule has 0 amide bonds. The molecule has 1 atom stereocenters. The van der Waals surface area contributed by atoms with Gasteiger partial charge in [-0.1, -0.05) is 40.9 Å². The molecule has 0 aliphatic heterocycles. The Bertz CT molecular complexity index is 1190. The first-order chi connectivity index (χ1) is 17.3. The lowest BCUT2D eigenvalue weighted by molar-refractivity contribution is -0.0515. The fourth-order valence-corrected chi connectivity index (χ4v) is 4.58. The van der Waals surface area contributed by atoms with Gasteiger partial charge in [0.2, 0.25) is 0 Å². The number of pyridine rings is 1. The summed E-state index contributed by atoms with van der Waals surface area (Å²) in [7, 11) is 0. The van der Waals surface area contributed by atoms with Gasteiger partial charge in [0.15, 0.2) is 11.5 Å². The molecule has 4 rings (SSSR count). The lowest BCUT2D eigenvalue weighted by Crippen LogP contribution is -2.13. The summed E-state index contributed by atoms with van der Waals surface area (Å²) in [5.41, 5.74) is 1.02. The molecule has 0 N–H and O–H groups in total. The van der Waals surface area contributed by atoms with Gasteiger partial charge in [0.05, 0.1) is 16.7 Å². The SMILES string of the molecule is O=C(O[C@@H](Cc1c(Cl)cncc1Cl)c1ccc(OC(F)F)c(OCC2CC2)c1)Sc1ccc(Cl)cc1. The van der Waals surface area contributed by atoms with Gasteiger partial charge in [0, 0.05) is 28.7 Å². The molecule has 3 aromatic rings. The van der Waals surface area contributed by atoms with Gasteiger partial charge in [-0.15, -0.1) is 0 Å². The minimum Gasteiger partial charge on any atom is -0.489 e. The third-order valence-electron chi connectivity index (χ3n) is 5.32. The Kier molecular flexibility index (Phi) is 9.17. The van der Waals surface area contributed by atoms with Gasteiger partial charge in [-0.3, -0.25) is 4.98 Å². The van der Waals surface area contributed by atoms with Gasteiger partial charge in [0.25, 0.3) is 0 Å². The Morgan fingerprint density at radius 2 is 1.72 bits per heavy atom. The molecule has 0 spiro atoms. The van der Waals surface area contributed by atoms with Gasteiger partial charge in [-0.05, 0) is 78.0 Å². The van der Waals surface area contributed by atoms with Crippen LogP contribution in [0.4, 0.5) is 13.6 Å². The molecular weight excluding hydrogens is 555 g/mol. The van der Waals surface area contributed by atoms with Crippen molar-refractivity contribution < 1.29 is 27.8 Å².